The molecule has 1 amide bonds. The number of nitrogens with one attached hydrogen (secondary N) is 1. The number of fused-ring (bicyclic) bond motifs is 1. The van der Waals surface area contributed by atoms with Gasteiger partial charge < -0.3 is 14.8 Å². The van der Waals surface area contributed by atoms with Crippen LogP contribution in [0.25, 0.3) is 11.7 Å². The number of benzene rings is 2. The van der Waals surface area contributed by atoms with Gasteiger partial charge in [0.2, 0.25) is 5.88 Å². The molecule has 0 unspecified atom stereocenters. The Morgan fingerprint density at radius 3 is 2.61 bits per heavy atom. The fourth-order valence-corrected chi connectivity index (χ4v) is 3.59. The van der Waals surface area contributed by atoms with E-state index in [2.05, 4.69) is 10.3 Å². The quantitative estimate of drug-likeness (QED) is 0.293. The molecule has 0 aliphatic carbocycles. The second-order valence-electron chi connectivity index (χ2n) is 8.02. The minimum absolute atomic E-state index is 0.000213. The second kappa shape index (κ2) is 10.6. The number of rotatable bonds is 7. The van der Waals surface area contributed by atoms with Gasteiger partial charge in [0.05, 0.1) is 6.61 Å². The van der Waals surface area contributed by atoms with Crippen molar-refractivity contribution in [3.05, 3.63) is 99.5 Å². The Bertz CT molecular complexity index is 1560. The van der Waals surface area contributed by atoms with Crippen molar-refractivity contribution in [1.82, 2.24) is 9.38 Å². The number of amides is 1. The van der Waals surface area contributed by atoms with Crippen molar-refractivity contribution in [3.8, 4) is 23.4 Å². The van der Waals surface area contributed by atoms with Gasteiger partial charge in [0, 0.05) is 11.9 Å². The van der Waals surface area contributed by atoms with E-state index < -0.39 is 11.5 Å². The molecule has 36 heavy (non-hydrogen) atoms. The summed E-state index contributed by atoms with van der Waals surface area (Å²) in [4.78, 5) is 30.7. The highest BCUT2D eigenvalue weighted by Crippen LogP contribution is 2.27. The van der Waals surface area contributed by atoms with Crippen LogP contribution in [0.15, 0.2) is 77.2 Å². The smallest absolute Gasteiger partial charge is 0.269 e. The Morgan fingerprint density at radius 1 is 1.14 bits per heavy atom. The first-order valence-corrected chi connectivity index (χ1v) is 11.3. The Morgan fingerprint density at radius 2 is 1.92 bits per heavy atom. The zero-order chi connectivity index (χ0) is 25.7. The van der Waals surface area contributed by atoms with Crippen LogP contribution in [0.3, 0.4) is 0 Å². The average Bonchev–Trinajstić information content (AvgIpc) is 2.87. The summed E-state index contributed by atoms with van der Waals surface area (Å²) in [5.41, 5.74) is 2.00. The van der Waals surface area contributed by atoms with Crippen molar-refractivity contribution in [2.75, 3.05) is 11.9 Å². The number of ether oxygens (including phenoxy) is 2. The molecule has 2 heterocycles. The first-order valence-electron chi connectivity index (χ1n) is 11.3. The van der Waals surface area contributed by atoms with Crippen molar-refractivity contribution in [2.45, 2.75) is 20.8 Å². The average molecular weight is 481 g/mol. The highest BCUT2D eigenvalue weighted by molar-refractivity contribution is 6.09. The molecular formula is C28H24N4O4. The van der Waals surface area contributed by atoms with E-state index in [-0.39, 0.29) is 17.0 Å². The van der Waals surface area contributed by atoms with E-state index in [4.69, 9.17) is 9.47 Å². The summed E-state index contributed by atoms with van der Waals surface area (Å²) in [6.07, 6.45) is 2.77. The van der Waals surface area contributed by atoms with Gasteiger partial charge in [-0.3, -0.25) is 14.0 Å². The Labute approximate surface area is 208 Å². The first-order chi connectivity index (χ1) is 17.4. The van der Waals surface area contributed by atoms with Crippen LogP contribution < -0.4 is 20.3 Å². The predicted molar refractivity (Wildman–Crippen MR) is 137 cm³/mol. The molecule has 0 atom stereocenters. The standard InChI is InChI=1S/C28H24N4O4/c1-4-35-22-11-9-21(10-12-22)30-26(33)20(17-29)16-23-27(36-24-13-8-18(2)15-19(24)3)31-25-7-5-6-14-32(25)28(23)34/h5-16H,4H2,1-3H3,(H,30,33)/b20-16+. The second-order valence-corrected chi connectivity index (χ2v) is 8.02. The van der Waals surface area contributed by atoms with Crippen molar-refractivity contribution in [2.24, 2.45) is 0 Å². The minimum atomic E-state index is -0.670. The molecule has 1 N–H and O–H groups in total. The highest BCUT2D eigenvalue weighted by Gasteiger charge is 2.18. The maximum absolute atomic E-state index is 13.4. The molecule has 0 saturated heterocycles. The summed E-state index contributed by atoms with van der Waals surface area (Å²) in [5, 5.41) is 12.4. The summed E-state index contributed by atoms with van der Waals surface area (Å²) in [5.74, 6) is 0.506. The van der Waals surface area contributed by atoms with E-state index in [0.29, 0.717) is 29.4 Å². The van der Waals surface area contributed by atoms with Gasteiger partial charge >= 0.3 is 0 Å². The molecule has 4 rings (SSSR count). The van der Waals surface area contributed by atoms with Gasteiger partial charge in [-0.15, -0.1) is 0 Å². The molecule has 8 heteroatoms. The molecule has 4 aromatic rings. The maximum Gasteiger partial charge on any atom is 0.269 e. The predicted octanol–water partition coefficient (Wildman–Crippen LogP) is 5.05. The molecule has 0 aliphatic rings. The van der Waals surface area contributed by atoms with Gasteiger partial charge in [0.25, 0.3) is 11.5 Å². The molecule has 0 aliphatic heterocycles. The number of carbonyl (C=O) groups is 1. The van der Waals surface area contributed by atoms with Gasteiger partial charge in [-0.25, -0.2) is 0 Å². The number of anilines is 1. The fourth-order valence-electron chi connectivity index (χ4n) is 3.59. The number of aromatic nitrogens is 2. The van der Waals surface area contributed by atoms with E-state index in [9.17, 15) is 14.9 Å². The molecule has 2 aromatic carbocycles. The molecule has 0 radical (unpaired) electrons. The van der Waals surface area contributed by atoms with Gasteiger partial charge in [0.1, 0.15) is 34.4 Å². The van der Waals surface area contributed by atoms with Crippen LogP contribution in [-0.2, 0) is 4.79 Å². The van der Waals surface area contributed by atoms with Crippen LogP contribution in [0.1, 0.15) is 23.6 Å². The van der Waals surface area contributed by atoms with Crippen LogP contribution in [-0.4, -0.2) is 21.9 Å². The van der Waals surface area contributed by atoms with E-state index in [0.717, 1.165) is 11.1 Å². The lowest BCUT2D eigenvalue weighted by atomic mass is 10.1. The zero-order valence-electron chi connectivity index (χ0n) is 20.1. The Kier molecular flexibility index (Phi) is 7.12. The molecular weight excluding hydrogens is 456 g/mol. The van der Waals surface area contributed by atoms with Crippen molar-refractivity contribution in [3.63, 3.8) is 0 Å². The maximum atomic E-state index is 13.4. The van der Waals surface area contributed by atoms with Crippen LogP contribution in [0.5, 0.6) is 17.4 Å². The molecule has 0 bridgehead atoms. The molecule has 0 spiro atoms. The summed E-state index contributed by atoms with van der Waals surface area (Å²) < 4.78 is 12.8. The Balaban J connectivity index is 1.75. The fraction of sp³-hybridized carbons (Fsp3) is 0.143. The van der Waals surface area contributed by atoms with Gasteiger partial charge in [-0.2, -0.15) is 10.2 Å². The molecule has 2 aromatic heterocycles. The number of pyridine rings is 1. The third-order valence-electron chi connectivity index (χ3n) is 5.35. The third kappa shape index (κ3) is 5.26. The van der Waals surface area contributed by atoms with Crippen molar-refractivity contribution < 1.29 is 14.3 Å². The van der Waals surface area contributed by atoms with Crippen molar-refractivity contribution >= 4 is 23.3 Å². The summed E-state index contributed by atoms with van der Waals surface area (Å²) in [7, 11) is 0. The van der Waals surface area contributed by atoms with Crippen LogP contribution in [0, 0.1) is 25.2 Å². The molecule has 0 saturated carbocycles. The SMILES string of the molecule is CCOc1ccc(NC(=O)/C(C#N)=C/c2c(Oc3ccc(C)cc3C)nc3ccccn3c2=O)cc1. The number of hydrogen-bond acceptors (Lipinski definition) is 6. The summed E-state index contributed by atoms with van der Waals surface area (Å²) in [6, 6.07) is 19.4. The monoisotopic (exact) mass is 480 g/mol. The van der Waals surface area contributed by atoms with Crippen LogP contribution in [0.4, 0.5) is 5.69 Å². The van der Waals surface area contributed by atoms with Crippen LogP contribution in [0.2, 0.25) is 0 Å². The van der Waals surface area contributed by atoms with Crippen LogP contribution >= 0.6 is 0 Å². The summed E-state index contributed by atoms with van der Waals surface area (Å²) in [6.45, 7) is 6.25. The lowest BCUT2D eigenvalue weighted by molar-refractivity contribution is -0.112. The number of hydrogen-bond donors (Lipinski definition) is 1. The van der Waals surface area contributed by atoms with Gasteiger partial charge in [0.15, 0.2) is 0 Å². The van der Waals surface area contributed by atoms with E-state index in [1.54, 1.807) is 54.7 Å². The number of aryl methyl sites for hydroxylation is 2. The largest absolute Gasteiger partial charge is 0.494 e. The molecule has 8 nitrogen and oxygen atoms in total. The minimum Gasteiger partial charge on any atom is -0.494 e. The van der Waals surface area contributed by atoms with E-state index in [1.165, 1.54) is 10.5 Å². The number of nitriles is 1. The Hall–Kier alpha value is -4.90. The van der Waals surface area contributed by atoms with E-state index >= 15 is 0 Å². The lowest BCUT2D eigenvalue weighted by Crippen LogP contribution is -2.20. The molecule has 180 valence electrons. The van der Waals surface area contributed by atoms with Crippen molar-refractivity contribution in [1.29, 1.82) is 5.26 Å². The van der Waals surface area contributed by atoms with E-state index in [1.807, 2.05) is 39.0 Å². The third-order valence-corrected chi connectivity index (χ3v) is 5.35. The highest BCUT2D eigenvalue weighted by atomic mass is 16.5. The zero-order valence-corrected chi connectivity index (χ0v) is 20.1. The number of nitrogens with zero attached hydrogens (tertiary/aromatic N) is 3. The van der Waals surface area contributed by atoms with Gasteiger partial charge in [-0.05, 0) is 74.9 Å². The normalized spacial score (nSPS) is 11.1. The van der Waals surface area contributed by atoms with Gasteiger partial charge in [-0.1, -0.05) is 23.8 Å². The first kappa shape index (κ1) is 24.2. The topological polar surface area (TPSA) is 106 Å². The summed E-state index contributed by atoms with van der Waals surface area (Å²) >= 11 is 0. The lowest BCUT2D eigenvalue weighted by Gasteiger charge is -2.12. The molecule has 0 fully saturated rings. The number of carbonyl (C=O) groups excluding carboxylic acids is 1.